The van der Waals surface area contributed by atoms with Crippen LogP contribution in [-0.4, -0.2) is 61.6 Å². The van der Waals surface area contributed by atoms with E-state index in [1.54, 1.807) is 24.3 Å². The van der Waals surface area contributed by atoms with Crippen LogP contribution < -0.4 is 0 Å². The fourth-order valence-corrected chi connectivity index (χ4v) is 11.1. The van der Waals surface area contributed by atoms with Gasteiger partial charge in [-0.3, -0.25) is 0 Å². The second-order valence-electron chi connectivity index (χ2n) is 12.4. The molecule has 234 valence electrons. The van der Waals surface area contributed by atoms with Crippen LogP contribution in [0.15, 0.2) is 24.3 Å². The molecule has 14 heteroatoms. The normalized spacial score (nSPS) is 39.8. The Labute approximate surface area is 238 Å². The molecule has 5 rings (SSSR count). The third-order valence-corrected chi connectivity index (χ3v) is 13.7. The molecule has 4 aliphatic carbocycles. The molecule has 4 saturated carbocycles. The van der Waals surface area contributed by atoms with Crippen LogP contribution in [0.4, 0.5) is 26.3 Å². The Hall–Kier alpha value is -1.12. The van der Waals surface area contributed by atoms with Crippen LogP contribution in [0.5, 0.6) is 0 Å². The molecule has 4 fully saturated rings. The first-order valence-corrected chi connectivity index (χ1v) is 17.5. The number of fused-ring (bicyclic) bond motifs is 6. The van der Waals surface area contributed by atoms with Crippen molar-refractivity contribution in [2.24, 2.45) is 35.5 Å². The molecule has 0 radical (unpaired) electrons. The summed E-state index contributed by atoms with van der Waals surface area (Å²) in [5.74, 6) is -0.817. The molecule has 8 atom stereocenters. The van der Waals surface area contributed by atoms with Crippen LogP contribution in [0.3, 0.4) is 0 Å². The molecule has 5 aliphatic rings. The van der Waals surface area contributed by atoms with Crippen LogP contribution in [0.2, 0.25) is 0 Å². The zero-order valence-corrected chi connectivity index (χ0v) is 24.4. The second kappa shape index (κ2) is 11.4. The van der Waals surface area contributed by atoms with E-state index in [9.17, 15) is 43.2 Å². The van der Waals surface area contributed by atoms with Gasteiger partial charge < -0.3 is 0 Å². The summed E-state index contributed by atoms with van der Waals surface area (Å²) in [5.41, 5.74) is -11.2. The van der Waals surface area contributed by atoms with E-state index in [-0.39, 0.29) is 36.5 Å². The SMILES string of the molecule is O=S(=O)(N1CCCN(S(=O)(=O)C(F)(F)F)[C@H]2C[C@H]3CCCC[C@H]3[C@@H]2/C=C/C=C/[C@H]2[C@@H]3CCCC[C@H]3C[C@H]21)C(F)(F)F. The highest BCUT2D eigenvalue weighted by molar-refractivity contribution is 7.90. The van der Waals surface area contributed by atoms with Crippen LogP contribution in [-0.2, 0) is 20.0 Å². The van der Waals surface area contributed by atoms with Crippen molar-refractivity contribution in [3.63, 3.8) is 0 Å². The summed E-state index contributed by atoms with van der Waals surface area (Å²) in [6.07, 6.45) is 13.6. The Morgan fingerprint density at radius 3 is 1.29 bits per heavy atom. The first-order chi connectivity index (χ1) is 19.1. The highest BCUT2D eigenvalue weighted by atomic mass is 32.2. The first-order valence-electron chi connectivity index (χ1n) is 14.7. The van der Waals surface area contributed by atoms with Gasteiger partial charge in [-0.1, -0.05) is 62.8 Å². The van der Waals surface area contributed by atoms with Gasteiger partial charge in [-0.2, -0.15) is 35.0 Å². The molecule has 0 bridgehead atoms. The molecule has 1 aliphatic heterocycles. The summed E-state index contributed by atoms with van der Waals surface area (Å²) < 4.78 is 136. The lowest BCUT2D eigenvalue weighted by atomic mass is 9.77. The molecule has 41 heavy (non-hydrogen) atoms. The number of allylic oxidation sites excluding steroid dienone is 2. The number of alkyl halides is 6. The molecule has 0 unspecified atom stereocenters. The molecular formula is C27H38F6N2O4S2. The van der Waals surface area contributed by atoms with Crippen molar-refractivity contribution >= 4 is 20.0 Å². The van der Waals surface area contributed by atoms with Crippen LogP contribution in [0.25, 0.3) is 0 Å². The lowest BCUT2D eigenvalue weighted by Gasteiger charge is -2.35. The topological polar surface area (TPSA) is 74.8 Å². The molecular weight excluding hydrogens is 594 g/mol. The molecule has 0 spiro atoms. The van der Waals surface area contributed by atoms with Crippen molar-refractivity contribution in [3.05, 3.63) is 24.3 Å². The van der Waals surface area contributed by atoms with E-state index in [2.05, 4.69) is 0 Å². The Bertz CT molecular complexity index is 1140. The minimum atomic E-state index is -5.82. The maximum Gasteiger partial charge on any atom is 0.511 e. The van der Waals surface area contributed by atoms with Gasteiger partial charge in [-0.25, -0.2) is 16.8 Å². The quantitative estimate of drug-likeness (QED) is 0.340. The van der Waals surface area contributed by atoms with Crippen molar-refractivity contribution < 1.29 is 43.2 Å². The maximum atomic E-state index is 13.9. The lowest BCUT2D eigenvalue weighted by Crippen LogP contribution is -2.51. The first kappa shape index (κ1) is 31.3. The average molecular weight is 633 g/mol. The van der Waals surface area contributed by atoms with Crippen molar-refractivity contribution in [1.29, 1.82) is 0 Å². The summed E-state index contributed by atoms with van der Waals surface area (Å²) in [7, 11) is -11.6. The standard InChI is InChI=1S/C27H38F6N2O4S2/c28-26(29,30)40(36,37)34-14-7-15-35(41(38,39)27(31,32)33)25-17-19-9-2-4-11-21(19)23(25)13-6-5-12-22-20-10-3-1-8-18(20)16-24(22)34/h5-6,12-13,18-25H,1-4,7-11,14-17H2/b12-5+,13-6+/t18-,19+,20-,21-,22+,23+,24+,25-/m1/s1. The Kier molecular flexibility index (Phi) is 8.72. The molecule has 1 heterocycles. The summed E-state index contributed by atoms with van der Waals surface area (Å²) in [6.45, 7) is -1.42. The predicted octanol–water partition coefficient (Wildman–Crippen LogP) is 6.20. The van der Waals surface area contributed by atoms with Crippen molar-refractivity contribution in [2.45, 2.75) is 93.7 Å². The number of rotatable bonds is 2. The zero-order valence-electron chi connectivity index (χ0n) is 22.7. The minimum absolute atomic E-state index is 0.0125. The number of hydrogen-bond donors (Lipinski definition) is 0. The molecule has 0 aromatic heterocycles. The van der Waals surface area contributed by atoms with Crippen molar-refractivity contribution in [1.82, 2.24) is 8.61 Å². The van der Waals surface area contributed by atoms with E-state index < -0.39 is 74.5 Å². The molecule has 0 saturated heterocycles. The third kappa shape index (κ3) is 5.75. The lowest BCUT2D eigenvalue weighted by molar-refractivity contribution is -0.0509. The van der Waals surface area contributed by atoms with Gasteiger partial charge in [0.15, 0.2) is 0 Å². The van der Waals surface area contributed by atoms with E-state index in [0.717, 1.165) is 51.4 Å². The highest BCUT2D eigenvalue weighted by Gasteiger charge is 2.58. The number of halogens is 6. The highest BCUT2D eigenvalue weighted by Crippen LogP contribution is 2.52. The molecule has 0 aromatic carbocycles. The minimum Gasteiger partial charge on any atom is -0.203 e. The summed E-state index contributed by atoms with van der Waals surface area (Å²) in [6, 6.07) is -2.01. The predicted molar refractivity (Wildman–Crippen MR) is 141 cm³/mol. The van der Waals surface area contributed by atoms with Gasteiger partial charge in [-0.05, 0) is 67.6 Å². The third-order valence-electron chi connectivity index (χ3n) is 10.4. The summed E-state index contributed by atoms with van der Waals surface area (Å²) in [4.78, 5) is 0. The monoisotopic (exact) mass is 632 g/mol. The van der Waals surface area contributed by atoms with Gasteiger partial charge in [0, 0.05) is 25.2 Å². The van der Waals surface area contributed by atoms with Crippen molar-refractivity contribution in [2.75, 3.05) is 13.1 Å². The smallest absolute Gasteiger partial charge is 0.203 e. The zero-order chi connectivity index (χ0) is 29.8. The van der Waals surface area contributed by atoms with Gasteiger partial charge in [0.2, 0.25) is 0 Å². The number of hydrogen-bond acceptors (Lipinski definition) is 4. The van der Waals surface area contributed by atoms with Crippen molar-refractivity contribution in [3.8, 4) is 0 Å². The summed E-state index contributed by atoms with van der Waals surface area (Å²) >= 11 is 0. The van der Waals surface area contributed by atoms with Crippen LogP contribution >= 0.6 is 0 Å². The molecule has 0 amide bonds. The Morgan fingerprint density at radius 2 is 0.927 bits per heavy atom. The largest absolute Gasteiger partial charge is 0.511 e. The van der Waals surface area contributed by atoms with E-state index in [0.29, 0.717) is 8.61 Å². The fraction of sp³-hybridized carbons (Fsp3) is 0.852. The molecule has 6 nitrogen and oxygen atoms in total. The number of nitrogens with zero attached hydrogens (tertiary/aromatic N) is 2. The van der Waals surface area contributed by atoms with Crippen LogP contribution in [0, 0.1) is 35.5 Å². The number of sulfonamides is 2. The van der Waals surface area contributed by atoms with E-state index >= 15 is 0 Å². The second-order valence-corrected chi connectivity index (χ2v) is 16.2. The van der Waals surface area contributed by atoms with Gasteiger partial charge in [0.25, 0.3) is 0 Å². The Morgan fingerprint density at radius 1 is 0.561 bits per heavy atom. The van der Waals surface area contributed by atoms with E-state index in [1.807, 2.05) is 0 Å². The van der Waals surface area contributed by atoms with Gasteiger partial charge >= 0.3 is 31.1 Å². The van der Waals surface area contributed by atoms with Gasteiger partial charge in [-0.15, -0.1) is 0 Å². The van der Waals surface area contributed by atoms with Crippen LogP contribution in [0.1, 0.15) is 70.6 Å². The fourth-order valence-electron chi connectivity index (χ4n) is 8.70. The maximum absolute atomic E-state index is 13.9. The average Bonchev–Trinajstić information content (AvgIpc) is 3.42. The molecule has 0 aromatic rings. The summed E-state index contributed by atoms with van der Waals surface area (Å²) in [5, 5.41) is 0. The molecule has 0 N–H and O–H groups in total. The Balaban J connectivity index is 1.57. The van der Waals surface area contributed by atoms with E-state index in [4.69, 9.17) is 0 Å². The van der Waals surface area contributed by atoms with Gasteiger partial charge in [0.05, 0.1) is 0 Å². The van der Waals surface area contributed by atoms with E-state index in [1.165, 1.54) is 0 Å². The van der Waals surface area contributed by atoms with Gasteiger partial charge in [0.1, 0.15) is 0 Å².